The first kappa shape index (κ1) is 27.1. The van der Waals surface area contributed by atoms with Crippen molar-refractivity contribution in [3.63, 3.8) is 0 Å². The van der Waals surface area contributed by atoms with Crippen LogP contribution in [0.2, 0.25) is 0 Å². The zero-order valence-corrected chi connectivity index (χ0v) is 21.5. The molecule has 0 unspecified atom stereocenters. The second-order valence-corrected chi connectivity index (χ2v) is 8.85. The minimum atomic E-state index is 0.579. The van der Waals surface area contributed by atoms with Gasteiger partial charge < -0.3 is 16.0 Å². The van der Waals surface area contributed by atoms with Gasteiger partial charge in [0, 0.05) is 56.9 Å². The summed E-state index contributed by atoms with van der Waals surface area (Å²) in [7, 11) is 1.95. The Kier molecular flexibility index (Phi) is 11.3. The Hall–Kier alpha value is -3.11. The molecule has 0 amide bonds. The van der Waals surface area contributed by atoms with Gasteiger partial charge in [0.05, 0.1) is 0 Å². The summed E-state index contributed by atoms with van der Waals surface area (Å²) in [5.74, 6) is 0. The van der Waals surface area contributed by atoms with Crippen molar-refractivity contribution >= 4 is 0 Å². The number of nitrogens with one attached hydrogen (secondary N) is 1. The highest BCUT2D eigenvalue weighted by molar-refractivity contribution is 5.41. The summed E-state index contributed by atoms with van der Waals surface area (Å²) in [6.45, 7) is 16.9. The highest BCUT2D eigenvalue weighted by atomic mass is 15.1. The van der Waals surface area contributed by atoms with Gasteiger partial charge in [-0.1, -0.05) is 48.6 Å². The fourth-order valence-corrected chi connectivity index (χ4v) is 4.25. The Balaban J connectivity index is 0.000000310. The lowest BCUT2D eigenvalue weighted by Crippen LogP contribution is -2.32. The van der Waals surface area contributed by atoms with Crippen LogP contribution < -0.4 is 11.1 Å². The SMILES string of the molecule is C=C(Cc1cccnc1)N1CCC(/C(CN)=C(\C)NC)=C(C)C1.C=CCCc1ccccc1C. The molecular weight excluding hydrogens is 416 g/mol. The van der Waals surface area contributed by atoms with E-state index in [9.17, 15) is 0 Å². The summed E-state index contributed by atoms with van der Waals surface area (Å²) in [5, 5.41) is 3.23. The smallest absolute Gasteiger partial charge is 0.0389 e. The minimum absolute atomic E-state index is 0.579. The third-order valence-electron chi connectivity index (χ3n) is 6.43. The molecule has 2 aromatic rings. The van der Waals surface area contributed by atoms with E-state index in [-0.39, 0.29) is 0 Å². The van der Waals surface area contributed by atoms with Crippen LogP contribution in [0, 0.1) is 6.92 Å². The summed E-state index contributed by atoms with van der Waals surface area (Å²) in [6, 6.07) is 12.6. The van der Waals surface area contributed by atoms with Crippen molar-refractivity contribution in [3.8, 4) is 0 Å². The second-order valence-electron chi connectivity index (χ2n) is 8.85. The Labute approximate surface area is 207 Å². The summed E-state index contributed by atoms with van der Waals surface area (Å²) in [4.78, 5) is 6.55. The molecular formula is C30H42N4. The predicted octanol–water partition coefficient (Wildman–Crippen LogP) is 5.73. The predicted molar refractivity (Wildman–Crippen MR) is 146 cm³/mol. The van der Waals surface area contributed by atoms with Gasteiger partial charge in [-0.3, -0.25) is 4.98 Å². The summed E-state index contributed by atoms with van der Waals surface area (Å²) < 4.78 is 0. The molecule has 0 bridgehead atoms. The molecule has 1 aliphatic rings. The highest BCUT2D eigenvalue weighted by Crippen LogP contribution is 2.27. The summed E-state index contributed by atoms with van der Waals surface area (Å²) in [6.07, 6.45) is 9.74. The molecule has 182 valence electrons. The highest BCUT2D eigenvalue weighted by Gasteiger charge is 2.20. The van der Waals surface area contributed by atoms with Crippen LogP contribution in [0.15, 0.2) is 96.1 Å². The largest absolute Gasteiger partial charge is 0.391 e. The van der Waals surface area contributed by atoms with Gasteiger partial charge in [0.25, 0.3) is 0 Å². The van der Waals surface area contributed by atoms with Gasteiger partial charge in [0.1, 0.15) is 0 Å². The molecule has 1 aromatic heterocycles. The van der Waals surface area contributed by atoms with Crippen LogP contribution in [0.4, 0.5) is 0 Å². The van der Waals surface area contributed by atoms with E-state index in [2.05, 4.69) is 79.5 Å². The lowest BCUT2D eigenvalue weighted by atomic mass is 9.92. The first-order chi connectivity index (χ1) is 16.4. The van der Waals surface area contributed by atoms with E-state index in [1.165, 1.54) is 39.1 Å². The Morgan fingerprint density at radius 2 is 1.97 bits per heavy atom. The minimum Gasteiger partial charge on any atom is -0.391 e. The van der Waals surface area contributed by atoms with Gasteiger partial charge in [-0.15, -0.1) is 6.58 Å². The van der Waals surface area contributed by atoms with Crippen molar-refractivity contribution in [1.82, 2.24) is 15.2 Å². The van der Waals surface area contributed by atoms with Gasteiger partial charge in [-0.05, 0) is 73.9 Å². The quantitative estimate of drug-likeness (QED) is 0.472. The van der Waals surface area contributed by atoms with Gasteiger partial charge >= 0.3 is 0 Å². The maximum absolute atomic E-state index is 5.97. The Morgan fingerprint density at radius 1 is 1.21 bits per heavy atom. The summed E-state index contributed by atoms with van der Waals surface area (Å²) in [5.41, 5.74) is 16.4. The Bertz CT molecular complexity index is 1000. The lowest BCUT2D eigenvalue weighted by Gasteiger charge is -2.34. The maximum atomic E-state index is 5.97. The molecule has 4 heteroatoms. The molecule has 3 rings (SSSR count). The molecule has 0 saturated heterocycles. The fourth-order valence-electron chi connectivity index (χ4n) is 4.25. The molecule has 0 aliphatic carbocycles. The number of aryl methyl sites for hydroxylation is 2. The third kappa shape index (κ3) is 8.03. The molecule has 0 atom stereocenters. The second kappa shape index (κ2) is 14.2. The van der Waals surface area contributed by atoms with E-state index >= 15 is 0 Å². The van der Waals surface area contributed by atoms with Gasteiger partial charge in [-0.2, -0.15) is 0 Å². The molecule has 0 spiro atoms. The molecule has 3 N–H and O–H groups in total. The number of pyridine rings is 1. The molecule has 0 fully saturated rings. The van der Waals surface area contributed by atoms with Crippen LogP contribution in [-0.2, 0) is 12.8 Å². The van der Waals surface area contributed by atoms with E-state index < -0.39 is 0 Å². The molecule has 1 aromatic carbocycles. The van der Waals surface area contributed by atoms with Gasteiger partial charge in [0.2, 0.25) is 0 Å². The molecule has 2 heterocycles. The van der Waals surface area contributed by atoms with E-state index in [0.29, 0.717) is 6.54 Å². The standard InChI is InChI=1S/C19H28N4.C11H14/c1-14-13-23(15(2)10-17-6-5-8-22-12-17)9-7-18(14)19(11-20)16(3)21-4;1-3-4-8-11-9-6-5-7-10(11)2/h5-6,8,12,21H,2,7,9-11,13,20H2,1,3-4H3;3,5-7,9H,1,4,8H2,2H3/b19-16+;. The first-order valence-corrected chi connectivity index (χ1v) is 12.1. The van der Waals surface area contributed by atoms with E-state index in [1.54, 1.807) is 6.20 Å². The number of rotatable bonds is 9. The van der Waals surface area contributed by atoms with Crippen LogP contribution in [0.3, 0.4) is 0 Å². The first-order valence-electron chi connectivity index (χ1n) is 12.1. The number of hydrogen-bond acceptors (Lipinski definition) is 4. The van der Waals surface area contributed by atoms with Gasteiger partial charge in [-0.25, -0.2) is 0 Å². The molecule has 4 nitrogen and oxygen atoms in total. The number of hydrogen-bond donors (Lipinski definition) is 2. The van der Waals surface area contributed by atoms with Crippen LogP contribution >= 0.6 is 0 Å². The van der Waals surface area contributed by atoms with Crippen molar-refractivity contribution in [1.29, 1.82) is 0 Å². The zero-order valence-electron chi connectivity index (χ0n) is 21.5. The Morgan fingerprint density at radius 3 is 2.56 bits per heavy atom. The average molecular weight is 459 g/mol. The number of nitrogens with zero attached hydrogens (tertiary/aromatic N) is 2. The normalized spacial score (nSPS) is 14.1. The third-order valence-corrected chi connectivity index (χ3v) is 6.43. The number of aromatic nitrogens is 1. The van der Waals surface area contributed by atoms with Crippen LogP contribution in [0.1, 0.15) is 43.4 Å². The van der Waals surface area contributed by atoms with E-state index in [1.807, 2.05) is 25.4 Å². The van der Waals surface area contributed by atoms with Crippen molar-refractivity contribution in [2.24, 2.45) is 5.73 Å². The molecule has 1 aliphatic heterocycles. The summed E-state index contributed by atoms with van der Waals surface area (Å²) >= 11 is 0. The van der Waals surface area contributed by atoms with Gasteiger partial charge in [0.15, 0.2) is 0 Å². The molecule has 34 heavy (non-hydrogen) atoms. The topological polar surface area (TPSA) is 54.2 Å². The van der Waals surface area contributed by atoms with Crippen molar-refractivity contribution in [3.05, 3.63) is 113 Å². The van der Waals surface area contributed by atoms with E-state index in [0.717, 1.165) is 44.5 Å². The molecule has 0 saturated carbocycles. The van der Waals surface area contributed by atoms with Crippen molar-refractivity contribution in [2.75, 3.05) is 26.7 Å². The lowest BCUT2D eigenvalue weighted by molar-refractivity contribution is 0.352. The van der Waals surface area contributed by atoms with E-state index in [4.69, 9.17) is 5.73 Å². The monoisotopic (exact) mass is 458 g/mol. The number of allylic oxidation sites excluding steroid dienone is 3. The van der Waals surface area contributed by atoms with Crippen LogP contribution in [-0.4, -0.2) is 36.6 Å². The number of benzene rings is 1. The zero-order chi connectivity index (χ0) is 24.9. The van der Waals surface area contributed by atoms with Crippen LogP contribution in [0.25, 0.3) is 0 Å². The molecule has 0 radical (unpaired) electrons. The number of nitrogens with two attached hydrogens (primary N) is 1. The fraction of sp³-hybridized carbons (Fsp3) is 0.367. The average Bonchev–Trinajstić information content (AvgIpc) is 2.85. The van der Waals surface area contributed by atoms with Crippen molar-refractivity contribution in [2.45, 2.75) is 46.5 Å². The van der Waals surface area contributed by atoms with Crippen molar-refractivity contribution < 1.29 is 0 Å². The van der Waals surface area contributed by atoms with Crippen LogP contribution in [0.5, 0.6) is 0 Å². The maximum Gasteiger partial charge on any atom is 0.0389 e.